The molecule has 0 aliphatic carbocycles. The number of ether oxygens (including phenoxy) is 1. The lowest BCUT2D eigenvalue weighted by Gasteiger charge is -2.09. The fourth-order valence-electron chi connectivity index (χ4n) is 4.19. The molecule has 3 nitrogen and oxygen atoms in total. The van der Waals surface area contributed by atoms with E-state index in [-0.39, 0.29) is 5.82 Å². The van der Waals surface area contributed by atoms with Crippen LogP contribution < -0.4 is 4.74 Å². The Labute approximate surface area is 157 Å². The molecule has 0 bridgehead atoms. The number of nitrogens with zero attached hydrogens (tertiary/aromatic N) is 2. The highest BCUT2D eigenvalue weighted by molar-refractivity contribution is 5.78. The summed E-state index contributed by atoms with van der Waals surface area (Å²) in [7, 11) is 1.69. The molecule has 27 heavy (non-hydrogen) atoms. The van der Waals surface area contributed by atoms with Gasteiger partial charge in [0.05, 0.1) is 12.8 Å². The van der Waals surface area contributed by atoms with E-state index in [9.17, 15) is 4.39 Å². The number of aromatic nitrogens is 2. The van der Waals surface area contributed by atoms with E-state index < -0.39 is 0 Å². The SMILES string of the molecule is COc1ccc(-c2cn3cc(-c4ccc(F)cc4)c4c3n2CCCC4)cc1. The zero-order valence-corrected chi connectivity index (χ0v) is 15.3. The number of halogens is 1. The Kier molecular flexibility index (Phi) is 3.78. The van der Waals surface area contributed by atoms with E-state index in [1.165, 1.54) is 40.2 Å². The van der Waals surface area contributed by atoms with E-state index in [1.807, 2.05) is 24.3 Å². The summed E-state index contributed by atoms with van der Waals surface area (Å²) in [5.41, 5.74) is 7.32. The minimum Gasteiger partial charge on any atom is -0.497 e. The fraction of sp³-hybridized carbons (Fsp3) is 0.217. The third-order valence-corrected chi connectivity index (χ3v) is 5.52. The molecular weight excluding hydrogens is 339 g/mol. The molecule has 4 aromatic rings. The van der Waals surface area contributed by atoms with Gasteiger partial charge < -0.3 is 13.7 Å². The zero-order valence-electron chi connectivity index (χ0n) is 15.3. The molecule has 0 amide bonds. The van der Waals surface area contributed by atoms with Crippen molar-refractivity contribution < 1.29 is 9.13 Å². The fourth-order valence-corrected chi connectivity index (χ4v) is 4.19. The van der Waals surface area contributed by atoms with E-state index in [0.717, 1.165) is 37.1 Å². The van der Waals surface area contributed by atoms with Gasteiger partial charge in [-0.3, -0.25) is 0 Å². The van der Waals surface area contributed by atoms with Crippen LogP contribution in [0.5, 0.6) is 5.75 Å². The number of aryl methyl sites for hydroxylation is 2. The quantitative estimate of drug-likeness (QED) is 0.468. The van der Waals surface area contributed by atoms with E-state index in [1.54, 1.807) is 7.11 Å². The molecule has 0 spiro atoms. The lowest BCUT2D eigenvalue weighted by Crippen LogP contribution is -1.99. The van der Waals surface area contributed by atoms with Crippen LogP contribution in [0, 0.1) is 5.82 Å². The van der Waals surface area contributed by atoms with Crippen LogP contribution in [0.4, 0.5) is 4.39 Å². The molecular formula is C23H21FN2O. The van der Waals surface area contributed by atoms with Gasteiger partial charge in [0.25, 0.3) is 0 Å². The average molecular weight is 360 g/mol. The van der Waals surface area contributed by atoms with Crippen LogP contribution >= 0.6 is 0 Å². The van der Waals surface area contributed by atoms with Crippen molar-refractivity contribution in [1.82, 2.24) is 8.97 Å². The highest BCUT2D eigenvalue weighted by Gasteiger charge is 2.21. The van der Waals surface area contributed by atoms with E-state index in [4.69, 9.17) is 4.74 Å². The summed E-state index contributed by atoms with van der Waals surface area (Å²) >= 11 is 0. The summed E-state index contributed by atoms with van der Waals surface area (Å²) in [5, 5.41) is 0. The van der Waals surface area contributed by atoms with Gasteiger partial charge >= 0.3 is 0 Å². The van der Waals surface area contributed by atoms with E-state index in [2.05, 4.69) is 33.5 Å². The van der Waals surface area contributed by atoms with Crippen LogP contribution in [-0.4, -0.2) is 16.1 Å². The maximum atomic E-state index is 13.3. The van der Waals surface area contributed by atoms with Crippen LogP contribution in [0.3, 0.4) is 0 Å². The Balaban J connectivity index is 1.68. The monoisotopic (exact) mass is 360 g/mol. The largest absolute Gasteiger partial charge is 0.497 e. The number of methoxy groups -OCH3 is 1. The van der Waals surface area contributed by atoms with Gasteiger partial charge in [-0.2, -0.15) is 0 Å². The highest BCUT2D eigenvalue weighted by atomic mass is 19.1. The molecule has 1 aliphatic heterocycles. The molecule has 0 fully saturated rings. The van der Waals surface area contributed by atoms with Gasteiger partial charge in [0.15, 0.2) is 0 Å². The smallest absolute Gasteiger partial charge is 0.123 e. The second-order valence-corrected chi connectivity index (χ2v) is 7.11. The third-order valence-electron chi connectivity index (χ3n) is 5.52. The van der Waals surface area contributed by atoms with Gasteiger partial charge in [-0.15, -0.1) is 0 Å². The minimum absolute atomic E-state index is 0.195. The lowest BCUT2D eigenvalue weighted by molar-refractivity contribution is 0.415. The Hall–Kier alpha value is -3.01. The second kappa shape index (κ2) is 6.31. The van der Waals surface area contributed by atoms with E-state index in [0.29, 0.717) is 0 Å². The van der Waals surface area contributed by atoms with Crippen molar-refractivity contribution in [2.24, 2.45) is 0 Å². The van der Waals surface area contributed by atoms with Crippen molar-refractivity contribution in [3.63, 3.8) is 0 Å². The average Bonchev–Trinajstić information content (AvgIpc) is 3.13. The van der Waals surface area contributed by atoms with Crippen molar-refractivity contribution in [3.8, 4) is 28.1 Å². The third kappa shape index (κ3) is 2.64. The summed E-state index contributed by atoms with van der Waals surface area (Å²) in [6.07, 6.45) is 7.77. The molecule has 1 aliphatic rings. The highest BCUT2D eigenvalue weighted by Crippen LogP contribution is 2.36. The summed E-state index contributed by atoms with van der Waals surface area (Å²) in [5.74, 6) is 0.673. The van der Waals surface area contributed by atoms with Gasteiger partial charge in [-0.25, -0.2) is 4.39 Å². The maximum Gasteiger partial charge on any atom is 0.123 e. The Bertz CT molecular complexity index is 1100. The Morgan fingerprint density at radius 2 is 1.63 bits per heavy atom. The summed E-state index contributed by atoms with van der Waals surface area (Å²) in [6.45, 7) is 1.01. The number of imidazole rings is 1. The first-order valence-electron chi connectivity index (χ1n) is 9.38. The number of hydrogen-bond acceptors (Lipinski definition) is 1. The number of rotatable bonds is 3. The molecule has 0 atom stereocenters. The number of hydrogen-bond donors (Lipinski definition) is 0. The summed E-state index contributed by atoms with van der Waals surface area (Å²) in [6, 6.07) is 15.1. The molecule has 0 saturated carbocycles. The number of benzene rings is 2. The minimum atomic E-state index is -0.195. The van der Waals surface area contributed by atoms with Crippen molar-refractivity contribution in [3.05, 3.63) is 72.3 Å². The molecule has 136 valence electrons. The van der Waals surface area contributed by atoms with Crippen LogP contribution in [0.1, 0.15) is 18.4 Å². The zero-order chi connectivity index (χ0) is 18.4. The van der Waals surface area contributed by atoms with Crippen LogP contribution in [0.2, 0.25) is 0 Å². The molecule has 0 radical (unpaired) electrons. The topological polar surface area (TPSA) is 18.6 Å². The molecule has 2 aromatic heterocycles. The lowest BCUT2D eigenvalue weighted by atomic mass is 10.0. The molecule has 4 heteroatoms. The molecule has 5 rings (SSSR count). The van der Waals surface area contributed by atoms with Crippen LogP contribution in [-0.2, 0) is 13.0 Å². The first-order valence-corrected chi connectivity index (χ1v) is 9.38. The van der Waals surface area contributed by atoms with Gasteiger partial charge in [0, 0.05) is 30.1 Å². The molecule has 0 unspecified atom stereocenters. The first-order chi connectivity index (χ1) is 13.2. The summed E-state index contributed by atoms with van der Waals surface area (Å²) < 4.78 is 23.3. The first kappa shape index (κ1) is 16.2. The van der Waals surface area contributed by atoms with E-state index >= 15 is 0 Å². The van der Waals surface area contributed by atoms with Gasteiger partial charge in [0.1, 0.15) is 17.2 Å². The van der Waals surface area contributed by atoms with Gasteiger partial charge in [-0.1, -0.05) is 12.1 Å². The predicted octanol–water partition coefficient (Wildman–Crippen LogP) is 5.56. The second-order valence-electron chi connectivity index (χ2n) is 7.11. The van der Waals surface area contributed by atoms with Crippen molar-refractivity contribution >= 4 is 5.65 Å². The molecule has 0 saturated heterocycles. The Morgan fingerprint density at radius 1 is 0.889 bits per heavy atom. The van der Waals surface area contributed by atoms with Crippen molar-refractivity contribution in [1.29, 1.82) is 0 Å². The van der Waals surface area contributed by atoms with Crippen molar-refractivity contribution in [2.75, 3.05) is 7.11 Å². The normalized spacial score (nSPS) is 13.7. The maximum absolute atomic E-state index is 13.3. The van der Waals surface area contributed by atoms with Gasteiger partial charge in [-0.05, 0) is 66.8 Å². The van der Waals surface area contributed by atoms with Crippen LogP contribution in [0.15, 0.2) is 60.9 Å². The Morgan fingerprint density at radius 3 is 2.37 bits per heavy atom. The van der Waals surface area contributed by atoms with Crippen LogP contribution in [0.25, 0.3) is 28.0 Å². The van der Waals surface area contributed by atoms with Gasteiger partial charge in [0.2, 0.25) is 0 Å². The van der Waals surface area contributed by atoms with Crippen molar-refractivity contribution in [2.45, 2.75) is 25.8 Å². The molecule has 2 aromatic carbocycles. The standard InChI is InChI=1S/C23H21FN2O/c1-27-19-11-7-17(8-12-19)22-15-25-14-21(16-5-9-18(24)10-6-16)20-4-2-3-13-26(22)23(20)25/h5-12,14-15H,2-4,13H2,1H3. The molecule has 3 heterocycles. The molecule has 0 N–H and O–H groups in total. The summed E-state index contributed by atoms with van der Waals surface area (Å²) in [4.78, 5) is 0. The predicted molar refractivity (Wildman–Crippen MR) is 106 cm³/mol.